The molecule has 0 spiro atoms. The summed E-state index contributed by atoms with van der Waals surface area (Å²) < 4.78 is 0.845. The summed E-state index contributed by atoms with van der Waals surface area (Å²) in [5.41, 5.74) is 7.13. The molecule has 112 valence electrons. The number of benzene rings is 1. The molecule has 3 N–H and O–H groups in total. The molecule has 0 amide bonds. The topological polar surface area (TPSA) is 94.1 Å². The average molecular weight is 306 g/mol. The molecule has 0 bridgehead atoms. The van der Waals surface area contributed by atoms with Crippen LogP contribution < -0.4 is 11.1 Å². The highest BCUT2D eigenvalue weighted by atomic mass is 32.1. The van der Waals surface area contributed by atoms with Crippen LogP contribution in [0.1, 0.15) is 30.7 Å². The predicted molar refractivity (Wildman–Crippen MR) is 84.9 cm³/mol. The first-order valence-corrected chi connectivity index (χ1v) is 7.88. The number of hydrogen-bond donors (Lipinski definition) is 2. The third-order valence-corrected chi connectivity index (χ3v) is 5.09. The highest BCUT2D eigenvalue weighted by Crippen LogP contribution is 2.38. The third-order valence-electron chi connectivity index (χ3n) is 4.16. The van der Waals surface area contributed by atoms with Crippen molar-refractivity contribution in [1.82, 2.24) is 4.98 Å². The van der Waals surface area contributed by atoms with E-state index in [1.807, 2.05) is 6.92 Å². The van der Waals surface area contributed by atoms with Crippen LogP contribution in [0.15, 0.2) is 12.1 Å². The zero-order valence-corrected chi connectivity index (χ0v) is 12.7. The predicted octanol–water partition coefficient (Wildman–Crippen LogP) is 3.20. The van der Waals surface area contributed by atoms with Gasteiger partial charge >= 0.3 is 0 Å². The van der Waals surface area contributed by atoms with Crippen molar-refractivity contribution in [1.29, 1.82) is 0 Å². The van der Waals surface area contributed by atoms with Crippen LogP contribution in [0.2, 0.25) is 0 Å². The Kier molecular flexibility index (Phi) is 3.54. The monoisotopic (exact) mass is 306 g/mol. The molecule has 6 nitrogen and oxygen atoms in total. The second kappa shape index (κ2) is 5.23. The number of thiazole rings is 1. The number of nitrogens with two attached hydrogens (primary N) is 1. The van der Waals surface area contributed by atoms with Gasteiger partial charge in [-0.15, -0.1) is 11.3 Å². The molecule has 1 aliphatic carbocycles. The van der Waals surface area contributed by atoms with Crippen LogP contribution in [0, 0.1) is 17.0 Å². The molecule has 0 atom stereocenters. The lowest BCUT2D eigenvalue weighted by atomic mass is 9.97. The number of fused-ring (bicyclic) bond motifs is 1. The maximum atomic E-state index is 11.4. The molecule has 21 heavy (non-hydrogen) atoms. The number of rotatable bonds is 4. The highest BCUT2D eigenvalue weighted by molar-refractivity contribution is 7.18. The first kappa shape index (κ1) is 14.2. The van der Waals surface area contributed by atoms with Crippen molar-refractivity contribution in [2.24, 2.45) is 5.73 Å². The molecule has 1 aromatic carbocycles. The lowest BCUT2D eigenvalue weighted by Gasteiger charge is -2.29. The fraction of sp³-hybridized carbons (Fsp3) is 0.500. The van der Waals surface area contributed by atoms with Crippen molar-refractivity contribution < 1.29 is 4.92 Å². The van der Waals surface area contributed by atoms with Crippen LogP contribution in [0.5, 0.6) is 0 Å². The van der Waals surface area contributed by atoms with E-state index in [1.54, 1.807) is 12.1 Å². The molecule has 7 heteroatoms. The Morgan fingerprint density at radius 1 is 1.48 bits per heavy atom. The van der Waals surface area contributed by atoms with Crippen molar-refractivity contribution in [2.75, 3.05) is 11.9 Å². The van der Waals surface area contributed by atoms with Crippen molar-refractivity contribution in [3.63, 3.8) is 0 Å². The number of nitro groups is 1. The quantitative estimate of drug-likeness (QED) is 0.668. The van der Waals surface area contributed by atoms with E-state index in [2.05, 4.69) is 10.3 Å². The Morgan fingerprint density at radius 2 is 2.19 bits per heavy atom. The summed E-state index contributed by atoms with van der Waals surface area (Å²) in [6.45, 7) is 2.39. The van der Waals surface area contributed by atoms with Gasteiger partial charge in [0.15, 0.2) is 0 Å². The van der Waals surface area contributed by atoms with Crippen LogP contribution >= 0.6 is 11.3 Å². The molecule has 1 aromatic heterocycles. The summed E-state index contributed by atoms with van der Waals surface area (Å²) in [7, 11) is 0. The molecule has 3 rings (SSSR count). The van der Waals surface area contributed by atoms with Gasteiger partial charge in [0.1, 0.15) is 5.69 Å². The first-order valence-electron chi connectivity index (χ1n) is 7.07. The molecule has 0 unspecified atom stereocenters. The fourth-order valence-electron chi connectivity index (χ4n) is 3.05. The van der Waals surface area contributed by atoms with Crippen LogP contribution in [0.3, 0.4) is 0 Å². The van der Waals surface area contributed by atoms with E-state index in [9.17, 15) is 10.1 Å². The van der Waals surface area contributed by atoms with Gasteiger partial charge in [-0.05, 0) is 25.8 Å². The van der Waals surface area contributed by atoms with Crippen LogP contribution in [0.25, 0.3) is 10.2 Å². The van der Waals surface area contributed by atoms with Gasteiger partial charge < -0.3 is 11.1 Å². The molecular formula is C14H18N4O2S. The summed E-state index contributed by atoms with van der Waals surface area (Å²) in [6, 6.07) is 3.40. The number of nitro benzene ring substituents is 1. The smallest absolute Gasteiger partial charge is 0.293 e. The molecule has 0 aliphatic heterocycles. The number of nitrogens with one attached hydrogen (secondary N) is 1. The molecule has 0 radical (unpaired) electrons. The van der Waals surface area contributed by atoms with Crippen LogP contribution in [0.4, 0.5) is 11.4 Å². The number of aryl methyl sites for hydroxylation is 1. The maximum Gasteiger partial charge on any atom is 0.293 e. The van der Waals surface area contributed by atoms with Crippen molar-refractivity contribution in [2.45, 2.75) is 38.1 Å². The molecule has 0 saturated heterocycles. The molecule has 1 saturated carbocycles. The van der Waals surface area contributed by atoms with Gasteiger partial charge in [0.05, 0.1) is 20.1 Å². The lowest BCUT2D eigenvalue weighted by molar-refractivity contribution is -0.383. The number of hydrogen-bond acceptors (Lipinski definition) is 6. The average Bonchev–Trinajstić information content (AvgIpc) is 3.03. The molecule has 2 aromatic rings. The van der Waals surface area contributed by atoms with Crippen LogP contribution in [-0.2, 0) is 0 Å². The van der Waals surface area contributed by atoms with Gasteiger partial charge in [0.25, 0.3) is 5.69 Å². The minimum absolute atomic E-state index is 0.103. The van der Waals surface area contributed by atoms with Gasteiger partial charge in [-0.25, -0.2) is 4.98 Å². The summed E-state index contributed by atoms with van der Waals surface area (Å²) in [6.07, 6.45) is 4.12. The van der Waals surface area contributed by atoms with Gasteiger partial charge in [-0.1, -0.05) is 12.8 Å². The van der Waals surface area contributed by atoms with Gasteiger partial charge in [0.2, 0.25) is 0 Å². The summed E-state index contributed by atoms with van der Waals surface area (Å²) in [4.78, 5) is 15.4. The molecule has 1 fully saturated rings. The van der Waals surface area contributed by atoms with E-state index in [0.29, 0.717) is 12.2 Å². The SMILES string of the molecule is Cc1nc2cc(NC3(CN)CCCC3)c([N+](=O)[O-])cc2s1. The number of aromatic nitrogens is 1. The summed E-state index contributed by atoms with van der Waals surface area (Å²) in [5, 5.41) is 15.6. The Morgan fingerprint density at radius 3 is 2.81 bits per heavy atom. The van der Waals surface area contributed by atoms with Crippen molar-refractivity contribution >= 4 is 32.9 Å². The Bertz CT molecular complexity index is 692. The summed E-state index contributed by atoms with van der Waals surface area (Å²) in [5.74, 6) is 0. The number of anilines is 1. The van der Waals surface area contributed by atoms with E-state index in [-0.39, 0.29) is 16.1 Å². The standard InChI is InChI=1S/C14H18N4O2S/c1-9-16-11-6-10(12(18(19)20)7-13(11)21-9)17-14(8-15)4-2-3-5-14/h6-7,17H,2-5,8,15H2,1H3. The van der Waals surface area contributed by atoms with E-state index in [4.69, 9.17) is 5.73 Å². The molecular weight excluding hydrogens is 288 g/mol. The zero-order chi connectivity index (χ0) is 15.0. The van der Waals surface area contributed by atoms with Gasteiger partial charge in [0, 0.05) is 18.2 Å². The normalized spacial score (nSPS) is 17.2. The van der Waals surface area contributed by atoms with E-state index in [1.165, 1.54) is 11.3 Å². The largest absolute Gasteiger partial charge is 0.373 e. The first-order chi connectivity index (χ1) is 10.0. The second-order valence-electron chi connectivity index (χ2n) is 5.64. The molecule has 1 heterocycles. The van der Waals surface area contributed by atoms with Gasteiger partial charge in [-0.3, -0.25) is 10.1 Å². The molecule has 1 aliphatic rings. The minimum Gasteiger partial charge on any atom is -0.373 e. The highest BCUT2D eigenvalue weighted by Gasteiger charge is 2.34. The van der Waals surface area contributed by atoms with E-state index >= 15 is 0 Å². The number of nitrogens with zero attached hydrogens (tertiary/aromatic N) is 2. The summed E-state index contributed by atoms with van der Waals surface area (Å²) >= 11 is 1.47. The van der Waals surface area contributed by atoms with E-state index < -0.39 is 0 Å². The third kappa shape index (κ3) is 2.58. The maximum absolute atomic E-state index is 11.4. The minimum atomic E-state index is -0.337. The van der Waals surface area contributed by atoms with Gasteiger partial charge in [-0.2, -0.15) is 0 Å². The Labute approximate surface area is 126 Å². The fourth-order valence-corrected chi connectivity index (χ4v) is 3.89. The Balaban J connectivity index is 2.06. The lowest BCUT2D eigenvalue weighted by Crippen LogP contribution is -2.42. The van der Waals surface area contributed by atoms with E-state index in [0.717, 1.165) is 40.9 Å². The van der Waals surface area contributed by atoms with Crippen molar-refractivity contribution in [3.05, 3.63) is 27.3 Å². The van der Waals surface area contributed by atoms with Crippen molar-refractivity contribution in [3.8, 4) is 0 Å². The zero-order valence-electron chi connectivity index (χ0n) is 11.9. The van der Waals surface area contributed by atoms with Crippen LogP contribution in [-0.4, -0.2) is 22.0 Å². The Hall–Kier alpha value is -1.73. The second-order valence-corrected chi connectivity index (χ2v) is 6.88.